The van der Waals surface area contributed by atoms with E-state index < -0.39 is 35.2 Å². The van der Waals surface area contributed by atoms with E-state index in [-0.39, 0.29) is 13.2 Å². The van der Waals surface area contributed by atoms with Crippen LogP contribution in [0.3, 0.4) is 0 Å². The van der Waals surface area contributed by atoms with Crippen LogP contribution in [0.1, 0.15) is 20.8 Å². The van der Waals surface area contributed by atoms with E-state index in [0.717, 1.165) is 0 Å². The number of carbonyl (C=O) groups is 1. The number of nitrogens with zero attached hydrogens (tertiary/aromatic N) is 2. The molecule has 0 radical (unpaired) electrons. The predicted molar refractivity (Wildman–Crippen MR) is 70.0 cm³/mol. The molecule has 20 heavy (non-hydrogen) atoms. The Kier molecular flexibility index (Phi) is 5.70. The topological polar surface area (TPSA) is 102 Å². The Morgan fingerprint density at radius 3 is 2.80 bits per heavy atom. The van der Waals surface area contributed by atoms with Crippen LogP contribution in [0.2, 0.25) is 0 Å². The van der Waals surface area contributed by atoms with Gasteiger partial charge < -0.3 is 19.5 Å². The first-order valence-corrected chi connectivity index (χ1v) is 6.54. The van der Waals surface area contributed by atoms with E-state index in [1.165, 1.54) is 4.90 Å². The zero-order valence-electron chi connectivity index (χ0n) is 12.1. The molecule has 2 atom stereocenters. The zero-order valence-corrected chi connectivity index (χ0v) is 12.1. The van der Waals surface area contributed by atoms with Crippen molar-refractivity contribution in [2.45, 2.75) is 32.5 Å². The van der Waals surface area contributed by atoms with Crippen LogP contribution in [0, 0.1) is 16.0 Å². The second kappa shape index (κ2) is 6.85. The summed E-state index contributed by atoms with van der Waals surface area (Å²) in [6.07, 6.45) is -1.64. The Bertz CT molecular complexity index is 354. The van der Waals surface area contributed by atoms with Gasteiger partial charge in [-0.05, 0) is 20.8 Å². The summed E-state index contributed by atoms with van der Waals surface area (Å²) in [7, 11) is 0. The van der Waals surface area contributed by atoms with E-state index in [0.29, 0.717) is 13.2 Å². The molecule has 0 aromatic heterocycles. The molecule has 1 N–H and O–H groups in total. The molecule has 1 aliphatic rings. The van der Waals surface area contributed by atoms with Crippen LogP contribution in [-0.4, -0.2) is 65.6 Å². The van der Waals surface area contributed by atoms with Gasteiger partial charge in [-0.15, -0.1) is 0 Å². The highest BCUT2D eigenvalue weighted by Gasteiger charge is 2.32. The Balaban J connectivity index is 2.64. The van der Waals surface area contributed by atoms with Crippen molar-refractivity contribution in [3.05, 3.63) is 10.1 Å². The molecule has 8 nitrogen and oxygen atoms in total. The van der Waals surface area contributed by atoms with Gasteiger partial charge in [-0.3, -0.25) is 10.1 Å². The van der Waals surface area contributed by atoms with Gasteiger partial charge >= 0.3 is 6.09 Å². The molecule has 0 bridgehead atoms. The van der Waals surface area contributed by atoms with Crippen molar-refractivity contribution in [2.75, 3.05) is 32.8 Å². The Morgan fingerprint density at radius 2 is 2.25 bits per heavy atom. The van der Waals surface area contributed by atoms with Gasteiger partial charge in [-0.25, -0.2) is 4.79 Å². The highest BCUT2D eigenvalue weighted by atomic mass is 16.6. The summed E-state index contributed by atoms with van der Waals surface area (Å²) in [5.74, 6) is -0.490. The summed E-state index contributed by atoms with van der Waals surface area (Å²) in [6, 6.07) is 0. The quantitative estimate of drug-likeness (QED) is 0.600. The number of ether oxygens (including phenoxy) is 2. The van der Waals surface area contributed by atoms with Gasteiger partial charge in [0, 0.05) is 23.9 Å². The lowest BCUT2D eigenvalue weighted by molar-refractivity contribution is -0.492. The number of amides is 1. The van der Waals surface area contributed by atoms with Gasteiger partial charge in [0.05, 0.1) is 13.2 Å². The van der Waals surface area contributed by atoms with Crippen LogP contribution in [0.15, 0.2) is 0 Å². The van der Waals surface area contributed by atoms with Gasteiger partial charge in [-0.1, -0.05) is 0 Å². The van der Waals surface area contributed by atoms with Gasteiger partial charge in [0.1, 0.15) is 11.7 Å². The number of rotatable bonds is 3. The summed E-state index contributed by atoms with van der Waals surface area (Å²) in [5.41, 5.74) is -0.612. The largest absolute Gasteiger partial charge is 0.444 e. The molecular weight excluding hydrogens is 268 g/mol. The molecule has 0 spiro atoms. The van der Waals surface area contributed by atoms with E-state index in [4.69, 9.17) is 9.47 Å². The average Bonchev–Trinajstić information content (AvgIpc) is 2.50. The number of carbonyl (C=O) groups excluding carboxylic acids is 1. The third-order valence-corrected chi connectivity index (χ3v) is 2.82. The number of aliphatic hydroxyl groups is 1. The molecular formula is C12H22N2O6. The second-order valence-electron chi connectivity index (χ2n) is 5.84. The molecule has 0 aromatic rings. The fourth-order valence-corrected chi connectivity index (χ4v) is 1.86. The minimum absolute atomic E-state index is 0.184. The fourth-order valence-electron chi connectivity index (χ4n) is 1.86. The maximum atomic E-state index is 12.0. The molecule has 1 saturated heterocycles. The molecule has 8 heteroatoms. The van der Waals surface area contributed by atoms with Crippen LogP contribution in [0.5, 0.6) is 0 Å². The average molecular weight is 290 g/mol. The number of hydrogen-bond acceptors (Lipinski definition) is 6. The summed E-state index contributed by atoms with van der Waals surface area (Å²) in [5, 5.41) is 20.2. The normalized spacial score (nSPS) is 22.0. The Morgan fingerprint density at radius 1 is 1.60 bits per heavy atom. The highest BCUT2D eigenvalue weighted by Crippen LogP contribution is 2.16. The lowest BCUT2D eigenvalue weighted by atomic mass is 10.0. The minimum Gasteiger partial charge on any atom is -0.444 e. The lowest BCUT2D eigenvalue weighted by Gasteiger charge is -2.28. The van der Waals surface area contributed by atoms with Crippen LogP contribution < -0.4 is 0 Å². The van der Waals surface area contributed by atoms with Crippen LogP contribution in [-0.2, 0) is 9.47 Å². The maximum Gasteiger partial charge on any atom is 0.410 e. The van der Waals surface area contributed by atoms with Crippen molar-refractivity contribution in [1.82, 2.24) is 4.90 Å². The summed E-state index contributed by atoms with van der Waals surface area (Å²) in [4.78, 5) is 23.3. The molecule has 0 saturated carbocycles. The second-order valence-corrected chi connectivity index (χ2v) is 5.84. The number of nitro groups is 1. The van der Waals surface area contributed by atoms with E-state index in [1.807, 2.05) is 0 Å². The Hall–Kier alpha value is -1.41. The summed E-state index contributed by atoms with van der Waals surface area (Å²) >= 11 is 0. The van der Waals surface area contributed by atoms with Crippen molar-refractivity contribution < 1.29 is 24.3 Å². The van der Waals surface area contributed by atoms with E-state index >= 15 is 0 Å². The summed E-state index contributed by atoms with van der Waals surface area (Å²) in [6.45, 7) is 5.76. The molecule has 1 aliphatic heterocycles. The smallest absolute Gasteiger partial charge is 0.410 e. The molecule has 0 aromatic carbocycles. The molecule has 0 aliphatic carbocycles. The van der Waals surface area contributed by atoms with E-state index in [2.05, 4.69) is 0 Å². The zero-order chi connectivity index (χ0) is 15.3. The van der Waals surface area contributed by atoms with Crippen molar-refractivity contribution >= 4 is 6.09 Å². The first kappa shape index (κ1) is 16.6. The van der Waals surface area contributed by atoms with Crippen molar-refractivity contribution in [1.29, 1.82) is 0 Å². The molecule has 1 rings (SSSR count). The molecule has 0 unspecified atom stereocenters. The number of aliphatic hydroxyl groups excluding tert-OH is 1. The number of hydrogen-bond donors (Lipinski definition) is 1. The van der Waals surface area contributed by atoms with Gasteiger partial charge in [0.2, 0.25) is 6.54 Å². The van der Waals surface area contributed by atoms with Crippen LogP contribution >= 0.6 is 0 Å². The first-order valence-electron chi connectivity index (χ1n) is 6.54. The van der Waals surface area contributed by atoms with Crippen molar-refractivity contribution in [2.24, 2.45) is 5.92 Å². The van der Waals surface area contributed by atoms with Crippen LogP contribution in [0.25, 0.3) is 0 Å². The van der Waals surface area contributed by atoms with Crippen molar-refractivity contribution in [3.8, 4) is 0 Å². The fraction of sp³-hybridized carbons (Fsp3) is 0.917. The van der Waals surface area contributed by atoms with Crippen LogP contribution in [0.4, 0.5) is 4.79 Å². The van der Waals surface area contributed by atoms with Crippen molar-refractivity contribution in [3.63, 3.8) is 0 Å². The molecule has 1 fully saturated rings. The van der Waals surface area contributed by atoms with Gasteiger partial charge in [0.15, 0.2) is 0 Å². The molecule has 1 amide bonds. The third kappa shape index (κ3) is 5.70. The predicted octanol–water partition coefficient (Wildman–Crippen LogP) is 0.508. The van der Waals surface area contributed by atoms with Gasteiger partial charge in [0.25, 0.3) is 0 Å². The van der Waals surface area contributed by atoms with Gasteiger partial charge in [-0.2, -0.15) is 0 Å². The molecule has 116 valence electrons. The third-order valence-electron chi connectivity index (χ3n) is 2.82. The first-order chi connectivity index (χ1) is 9.19. The Labute approximate surface area is 117 Å². The SMILES string of the molecule is CC(C)(C)OC(=O)N1CCOC[C@H]([C@H](O)C[N+](=O)[O-])C1. The van der Waals surface area contributed by atoms with E-state index in [9.17, 15) is 20.0 Å². The van der Waals surface area contributed by atoms with E-state index in [1.54, 1.807) is 20.8 Å². The highest BCUT2D eigenvalue weighted by molar-refractivity contribution is 5.68. The summed E-state index contributed by atoms with van der Waals surface area (Å²) < 4.78 is 10.5. The molecule has 1 heterocycles. The maximum absolute atomic E-state index is 12.0. The standard InChI is InChI=1S/C12H22N2O6/c1-12(2,3)20-11(16)13-4-5-19-8-9(6-13)10(15)7-14(17)18/h9-10,15H,4-8H2,1-3H3/t9-,10-/m1/s1. The minimum atomic E-state index is -1.15. The lowest BCUT2D eigenvalue weighted by Crippen LogP contribution is -2.43. The monoisotopic (exact) mass is 290 g/mol.